The maximum atomic E-state index is 4.05. The average molecular weight is 8330 g/mol. The molecule has 0 aliphatic carbocycles. The van der Waals surface area contributed by atoms with Crippen molar-refractivity contribution in [2.75, 3.05) is 0 Å². The van der Waals surface area contributed by atoms with Gasteiger partial charge in [0.15, 0.2) is 0 Å². The van der Waals surface area contributed by atoms with Gasteiger partial charge in [0.1, 0.15) is 0 Å². The maximum Gasteiger partial charge on any atom is 0 e. The fourth-order valence-corrected chi connectivity index (χ4v) is 1.03. The topological polar surface area (TPSA) is 0 Å². The Labute approximate surface area is 1620 Å². The number of hydrogen-bond donors (Lipinski definition) is 0. The van der Waals surface area contributed by atoms with Gasteiger partial charge < -0.3 is 13.8 Å². The summed E-state index contributed by atoms with van der Waals surface area (Å²) in [5.41, 5.74) is 1.27. The van der Waals surface area contributed by atoms with Crippen LogP contribution >= 0.6 is 0 Å². The third-order valence-electron chi connectivity index (χ3n) is 1.91. The largest absolute Gasteiger partial charge is 0.342 e. The fraction of sp³-hybridized carbons (Fsp3) is 0.273. The second-order valence-electron chi connectivity index (χ2n) is 2.99. The minimum Gasteiger partial charge on any atom is -0.342 e. The first-order valence-corrected chi connectivity index (χ1v) is 3.93. The van der Waals surface area contributed by atoms with Gasteiger partial charge >= 0.3 is 0 Å². The molecule has 1 aromatic carbocycles. The number of rotatable bonds is 2. The van der Waals surface area contributed by atoms with Gasteiger partial charge in [-0.15, -0.1) is 0 Å². The van der Waals surface area contributed by atoms with Crippen molar-refractivity contribution in [2.45, 2.75) is 12.8 Å². The molecule has 0 heterocycles. The van der Waals surface area contributed by atoms with Gasteiger partial charge in [0.05, 0.1) is 0 Å². The van der Waals surface area contributed by atoms with Crippen LogP contribution in [-0.2, 0) is 1610 Å². The Morgan fingerprint density at radius 1 is 0.197 bits per heavy atom. The minimum absolute atomic E-state index is 0. The van der Waals surface area contributed by atoms with Crippen LogP contribution in [0.1, 0.15) is 18.4 Å². The zero-order valence-electron chi connectivity index (χ0n) is 36.5. The predicted molar refractivity (Wildman–Crippen MR) is 49.1 cm³/mol. The molecule has 0 fully saturated rings. The Morgan fingerprint density at radius 3 is 0.352 bits per heavy atom. The molecule has 0 aliphatic heterocycles. The minimum atomic E-state index is 0. The van der Waals surface area contributed by atoms with E-state index in [9.17, 15) is 0 Å². The molecule has 1 aromatic rings. The first kappa shape index (κ1) is 458. The van der Waals surface area contributed by atoms with Gasteiger partial charge in [-0.05, 0) is 0 Å². The molecule has 0 aliphatic rings. The van der Waals surface area contributed by atoms with Gasteiger partial charge in [0, 0.05) is 1610 Å². The van der Waals surface area contributed by atoms with Gasteiger partial charge in [0.2, 0.25) is 0 Å². The normalized spacial score (nSPS) is 2.46. The van der Waals surface area contributed by atoms with Crippen molar-refractivity contribution in [1.29, 1.82) is 0 Å². The van der Waals surface area contributed by atoms with Crippen molar-refractivity contribution in [2.24, 2.45) is 5.92 Å². The molecular weight excluding hydrogens is 8310 g/mol. The van der Waals surface area contributed by atoms with Crippen molar-refractivity contribution in [3.05, 3.63) is 49.7 Å². The molecule has 330 valence electrons. The van der Waals surface area contributed by atoms with Crippen molar-refractivity contribution in [1.82, 2.24) is 0 Å². The molecule has 2 unspecified atom stereocenters. The van der Waals surface area contributed by atoms with E-state index in [2.05, 4.69) is 32.9 Å². The molecule has 2 atom stereocenters. The van der Waals surface area contributed by atoms with Crippen LogP contribution < -0.4 is 0 Å². The second kappa shape index (κ2) is 408. The van der Waals surface area contributed by atoms with Crippen molar-refractivity contribution >= 4 is 0 Å². The molecule has 0 bridgehead atoms. The molecule has 30 radical (unpaired) electrons. The molecule has 0 spiro atoms. The van der Waals surface area contributed by atoms with Crippen LogP contribution in [0.4, 0.5) is 0 Å². The SMILES string of the molecule is [CH2-]C(C)C([CH2-])c1ccccc1.[W].[W].[W].[W].[W].[W].[W].[W].[W].[W].[W].[W].[W].[W].[W].[W].[W].[W].[W].[W].[W].[W].[W].[W].[W].[W].[W].[W].[W].[W].[Y].[Y].[Y].[Y].[Y].[Y].[Y].[Y].[Y].[Y].[Y].[Y].[Y].[Y].[Y].[Y].[Y].[Y].[Y].[Y].[Y].[Y].[Y].[Y].[Y].[Y].[Y].[Y].[Y].[Y]. The Morgan fingerprint density at radius 2 is 0.282 bits per heavy atom. The first-order valence-electron chi connectivity index (χ1n) is 3.93. The summed E-state index contributed by atoms with van der Waals surface area (Å²) in [6.45, 7) is 10.1. The van der Waals surface area contributed by atoms with E-state index in [1.165, 1.54) is 5.56 Å². The maximum absolute atomic E-state index is 4.05. The third kappa shape index (κ3) is 378. The van der Waals surface area contributed by atoms with E-state index in [1.807, 2.05) is 18.2 Å². The van der Waals surface area contributed by atoms with E-state index in [0.29, 0.717) is 11.8 Å². The quantitative estimate of drug-likeness (QED) is 0.401. The molecule has 71 heavy (non-hydrogen) atoms. The molecule has 1 rings (SSSR count). The van der Waals surface area contributed by atoms with Crippen molar-refractivity contribution < 1.29 is 1610 Å². The van der Waals surface area contributed by atoms with Gasteiger partial charge in [-0.25, -0.2) is 0 Å². The smallest absolute Gasteiger partial charge is 0 e. The Kier molecular flexibility index (Phi) is 2630. The molecule has 60 heteroatoms. The summed E-state index contributed by atoms with van der Waals surface area (Å²) in [7, 11) is 0. The molecule has 0 saturated heterocycles. The molecular formula is C11H14W30Y30-2. The van der Waals surface area contributed by atoms with Crippen LogP contribution in [0.3, 0.4) is 0 Å². The van der Waals surface area contributed by atoms with E-state index in [-0.39, 0.29) is 1610 Å². The third-order valence-corrected chi connectivity index (χ3v) is 1.91. The van der Waals surface area contributed by atoms with E-state index in [0.717, 1.165) is 0 Å². The van der Waals surface area contributed by atoms with Gasteiger partial charge in [-0.1, -0.05) is 42.8 Å². The van der Waals surface area contributed by atoms with Crippen LogP contribution in [0.5, 0.6) is 0 Å². The van der Waals surface area contributed by atoms with E-state index >= 15 is 0 Å². The molecule has 0 nitrogen and oxygen atoms in total. The van der Waals surface area contributed by atoms with Crippen LogP contribution in [-0.4, -0.2) is 0 Å². The Balaban J connectivity index is -0.000000000348. The summed E-state index contributed by atoms with van der Waals surface area (Å²) >= 11 is 0. The second-order valence-corrected chi connectivity index (χ2v) is 2.99. The Bertz CT molecular complexity index is 303. The molecule has 0 amide bonds. The van der Waals surface area contributed by atoms with E-state index in [4.69, 9.17) is 0 Å². The predicted octanol–water partition coefficient (Wildman–Crippen LogP) is 2.92. The zero-order valence-corrected chi connectivity index (χ0v) is 210. The van der Waals surface area contributed by atoms with E-state index in [1.54, 1.807) is 0 Å². The first-order chi connectivity index (χ1) is 5.22. The molecule has 0 saturated carbocycles. The standard InChI is InChI=1S/C11H14.30W.30Y/c1-9(2)10(3)11-7-5-4-6-8-11;;;;;;;;;;;;;;;;;;;;;;;;;;;;;;;;;;;;;;;;;;;;;;;;;;;;;;;;;;;;/h4-10H,1,3H2,2H3;;;;;;;;;;;;;;;;;;;;;;;;;;;;;;;;;;;;;;;;;;;;;;;;;;;;;;;;;;;;/q-2;;;;;;;;;;;;;;;;;;;;;;;;;;;;;;;;;;;;;;;;;;;;;;;;;;;;;;;;;;;;. The van der Waals surface area contributed by atoms with Crippen LogP contribution in [0.25, 0.3) is 0 Å². The summed E-state index contributed by atoms with van der Waals surface area (Å²) in [6, 6.07) is 10.3. The summed E-state index contributed by atoms with van der Waals surface area (Å²) < 4.78 is 0. The Hall–Kier alpha value is 53.0. The average Bonchev–Trinajstić information content (AvgIpc) is 2.05. The monoisotopic (exact) mass is 8330 g/mol. The van der Waals surface area contributed by atoms with Gasteiger partial charge in [-0.2, -0.15) is 11.8 Å². The molecule has 0 N–H and O–H groups in total. The number of benzene rings is 1. The van der Waals surface area contributed by atoms with Gasteiger partial charge in [0.25, 0.3) is 0 Å². The molecule has 0 aromatic heterocycles. The van der Waals surface area contributed by atoms with Crippen LogP contribution in [0.2, 0.25) is 0 Å². The summed E-state index contributed by atoms with van der Waals surface area (Å²) in [6.07, 6.45) is 0. The van der Waals surface area contributed by atoms with E-state index < -0.39 is 0 Å². The number of hydrogen-bond acceptors (Lipinski definition) is 0. The van der Waals surface area contributed by atoms with Crippen LogP contribution in [0, 0.1) is 19.8 Å². The van der Waals surface area contributed by atoms with Gasteiger partial charge in [-0.3, -0.25) is 0 Å². The summed E-state index contributed by atoms with van der Waals surface area (Å²) in [5, 5.41) is 0. The summed E-state index contributed by atoms with van der Waals surface area (Å²) in [5.74, 6) is 0.689. The summed E-state index contributed by atoms with van der Waals surface area (Å²) in [4.78, 5) is 0. The van der Waals surface area contributed by atoms with Crippen molar-refractivity contribution in [3.63, 3.8) is 0 Å². The van der Waals surface area contributed by atoms with Crippen LogP contribution in [0.15, 0.2) is 30.3 Å². The fourth-order valence-electron chi connectivity index (χ4n) is 1.03. The van der Waals surface area contributed by atoms with Crippen molar-refractivity contribution in [3.8, 4) is 0 Å². The zero-order chi connectivity index (χ0) is 8.27.